The summed E-state index contributed by atoms with van der Waals surface area (Å²) in [5, 5.41) is 14.9. The Hall–Kier alpha value is -4.61. The smallest absolute Gasteiger partial charge is 0.481 e. The summed E-state index contributed by atoms with van der Waals surface area (Å²) < 4.78 is 62.5. The molecule has 2 aromatic heterocycles. The molecule has 8 nitrogen and oxygen atoms in total. The van der Waals surface area contributed by atoms with E-state index in [1.54, 1.807) is 6.07 Å². The number of hydrogen-bond acceptors (Lipinski definition) is 7. The summed E-state index contributed by atoms with van der Waals surface area (Å²) in [6, 6.07) is 10.5. The molecule has 1 fully saturated rings. The van der Waals surface area contributed by atoms with Crippen LogP contribution in [0.3, 0.4) is 0 Å². The van der Waals surface area contributed by atoms with Gasteiger partial charge < -0.3 is 14.4 Å². The third-order valence-electron chi connectivity index (χ3n) is 7.06. The van der Waals surface area contributed by atoms with Gasteiger partial charge in [-0.1, -0.05) is 5.16 Å². The molecule has 0 amide bonds. The molecule has 2 unspecified atom stereocenters. The first-order valence-electron chi connectivity index (χ1n) is 12.3. The van der Waals surface area contributed by atoms with Gasteiger partial charge in [0.1, 0.15) is 5.75 Å². The lowest BCUT2D eigenvalue weighted by Gasteiger charge is -2.12. The van der Waals surface area contributed by atoms with Crippen molar-refractivity contribution in [3.63, 3.8) is 0 Å². The van der Waals surface area contributed by atoms with Crippen LogP contribution in [0.4, 0.5) is 17.6 Å². The van der Waals surface area contributed by atoms with Crippen LogP contribution in [-0.2, 0) is 4.79 Å². The molecule has 4 aromatic rings. The molecule has 2 aromatic carbocycles. The van der Waals surface area contributed by atoms with Gasteiger partial charge in [0.2, 0.25) is 11.8 Å². The summed E-state index contributed by atoms with van der Waals surface area (Å²) in [6.07, 6.45) is -2.19. The number of nitrogens with zero attached hydrogens (tertiary/aromatic N) is 4. The highest BCUT2D eigenvalue weighted by atomic mass is 19.4. The van der Waals surface area contributed by atoms with Crippen LogP contribution in [0.1, 0.15) is 24.8 Å². The molecule has 1 saturated carbocycles. The van der Waals surface area contributed by atoms with E-state index in [9.17, 15) is 27.5 Å². The van der Waals surface area contributed by atoms with Gasteiger partial charge in [-0.15, -0.1) is 13.2 Å². The minimum atomic E-state index is -4.94. The molecular formula is C28H20F4N4O4. The predicted octanol–water partition coefficient (Wildman–Crippen LogP) is 4.85. The summed E-state index contributed by atoms with van der Waals surface area (Å²) >= 11 is 0. The second-order valence-corrected chi connectivity index (χ2v) is 9.78. The number of aliphatic carboxylic acids is 1. The number of fused-ring (bicyclic) bond motifs is 2. The highest BCUT2D eigenvalue weighted by Crippen LogP contribution is 2.37. The Morgan fingerprint density at radius 3 is 2.65 bits per heavy atom. The van der Waals surface area contributed by atoms with Gasteiger partial charge >= 0.3 is 12.3 Å². The van der Waals surface area contributed by atoms with Gasteiger partial charge in [0.15, 0.2) is 0 Å². The van der Waals surface area contributed by atoms with E-state index in [1.807, 2.05) is 12.1 Å². The molecule has 40 heavy (non-hydrogen) atoms. The highest BCUT2D eigenvalue weighted by molar-refractivity contribution is 5.73. The molecule has 204 valence electrons. The lowest BCUT2D eigenvalue weighted by molar-refractivity contribution is -0.274. The number of aromatic nitrogens is 3. The van der Waals surface area contributed by atoms with Crippen molar-refractivity contribution in [1.29, 1.82) is 0 Å². The largest absolute Gasteiger partial charge is 0.573 e. The third kappa shape index (κ3) is 4.92. The number of pyridine rings is 1. The van der Waals surface area contributed by atoms with Crippen molar-refractivity contribution in [3.8, 4) is 39.7 Å². The second-order valence-electron chi connectivity index (χ2n) is 9.78. The van der Waals surface area contributed by atoms with Gasteiger partial charge in [-0.2, -0.15) is 9.37 Å². The predicted molar refractivity (Wildman–Crippen MR) is 133 cm³/mol. The number of aryl methyl sites for hydroxylation is 1. The maximum absolute atomic E-state index is 13.7. The van der Waals surface area contributed by atoms with E-state index in [0.717, 1.165) is 35.1 Å². The van der Waals surface area contributed by atoms with Crippen molar-refractivity contribution >= 4 is 11.5 Å². The average Bonchev–Trinajstić information content (AvgIpc) is 3.60. The Morgan fingerprint density at radius 1 is 1.10 bits per heavy atom. The number of halogens is 4. The van der Waals surface area contributed by atoms with Gasteiger partial charge in [0.05, 0.1) is 17.8 Å². The van der Waals surface area contributed by atoms with Crippen LogP contribution >= 0.6 is 0 Å². The molecular weight excluding hydrogens is 532 g/mol. The van der Waals surface area contributed by atoms with E-state index in [4.69, 9.17) is 9.52 Å². The summed E-state index contributed by atoms with van der Waals surface area (Å²) in [6.45, 7) is 1.50. The Balaban J connectivity index is 1.37. The van der Waals surface area contributed by atoms with E-state index >= 15 is 0 Å². The number of hydrogen-bond donors (Lipinski definition) is 1. The fourth-order valence-electron chi connectivity index (χ4n) is 5.30. The van der Waals surface area contributed by atoms with Crippen LogP contribution in [0.2, 0.25) is 0 Å². The Morgan fingerprint density at radius 2 is 1.90 bits per heavy atom. The Bertz CT molecular complexity index is 1780. The molecule has 2 aliphatic rings. The van der Waals surface area contributed by atoms with E-state index < -0.39 is 24.0 Å². The second kappa shape index (κ2) is 9.54. The number of rotatable bonds is 6. The minimum absolute atomic E-state index is 0.0474. The van der Waals surface area contributed by atoms with Crippen molar-refractivity contribution in [2.45, 2.75) is 38.6 Å². The normalized spacial score (nSPS) is 17.9. The summed E-state index contributed by atoms with van der Waals surface area (Å²) in [5.41, 5.74) is 2.73. The van der Waals surface area contributed by atoms with Crippen molar-refractivity contribution in [1.82, 2.24) is 15.1 Å². The number of carboxylic acid groups (broad SMARTS) is 1. The Labute approximate surface area is 223 Å². The summed E-state index contributed by atoms with van der Waals surface area (Å²) in [5.74, 6) is -1.94. The standard InChI is InChI=1S/C28H20F4N4O4/c1-13-6-18(12-33-25(13)29)16-7-17(9-19(8-16)39-28(30,31)32)27-35-26(36-40-27)15-3-5-22-21(10-15)20-4-2-14(11-23(37)38)24(20)34-22/h3,5-10,12,14,24H,2,4,11H2,1H3,(H,37,38). The molecule has 1 aliphatic carbocycles. The first-order valence-corrected chi connectivity index (χ1v) is 12.3. The van der Waals surface area contributed by atoms with Crippen molar-refractivity contribution in [3.05, 3.63) is 70.7 Å². The topological polar surface area (TPSA) is 111 Å². The summed E-state index contributed by atoms with van der Waals surface area (Å²) in [7, 11) is 0. The maximum Gasteiger partial charge on any atom is 0.573 e. The Kier molecular flexibility index (Phi) is 6.12. The van der Waals surface area contributed by atoms with Gasteiger partial charge in [0, 0.05) is 33.7 Å². The van der Waals surface area contributed by atoms with E-state index in [-0.39, 0.29) is 46.8 Å². The maximum atomic E-state index is 13.7. The molecule has 0 spiro atoms. The SMILES string of the molecule is Cc1cc(-c2cc(OC(F)(F)F)cc(-c3nc(-c4ccc5c(c4)=C4CCC(CC(=O)O)C4N=5)no3)c2)cnc1F. The number of carboxylic acids is 1. The third-order valence-corrected chi connectivity index (χ3v) is 7.06. The molecule has 0 saturated heterocycles. The van der Waals surface area contributed by atoms with Crippen molar-refractivity contribution in [2.75, 3.05) is 0 Å². The molecule has 2 atom stereocenters. The monoisotopic (exact) mass is 552 g/mol. The lowest BCUT2D eigenvalue weighted by atomic mass is 9.99. The average molecular weight is 552 g/mol. The number of carbonyl (C=O) groups is 1. The lowest BCUT2D eigenvalue weighted by Crippen LogP contribution is -2.22. The highest BCUT2D eigenvalue weighted by Gasteiger charge is 2.35. The van der Waals surface area contributed by atoms with E-state index in [2.05, 4.69) is 19.9 Å². The van der Waals surface area contributed by atoms with Gasteiger partial charge in [0.25, 0.3) is 5.89 Å². The zero-order valence-electron chi connectivity index (χ0n) is 20.9. The van der Waals surface area contributed by atoms with Crippen LogP contribution in [0.15, 0.2) is 58.2 Å². The minimum Gasteiger partial charge on any atom is -0.481 e. The van der Waals surface area contributed by atoms with Gasteiger partial charge in [-0.3, -0.25) is 9.79 Å². The van der Waals surface area contributed by atoms with Crippen molar-refractivity contribution < 1.29 is 36.7 Å². The van der Waals surface area contributed by atoms with Crippen molar-refractivity contribution in [2.24, 2.45) is 10.9 Å². The quantitative estimate of drug-likeness (QED) is 0.269. The number of alkyl halides is 3. The number of ether oxygens (including phenoxy) is 1. The molecule has 12 heteroatoms. The van der Waals surface area contributed by atoms with Gasteiger partial charge in [-0.25, -0.2) is 4.98 Å². The fourth-order valence-corrected chi connectivity index (χ4v) is 5.30. The molecule has 1 N–H and O–H groups in total. The zero-order chi connectivity index (χ0) is 28.2. The molecule has 0 bridgehead atoms. The first kappa shape index (κ1) is 25.7. The van der Waals surface area contributed by atoms with Crippen LogP contribution in [0.5, 0.6) is 5.75 Å². The summed E-state index contributed by atoms with van der Waals surface area (Å²) in [4.78, 5) is 24.0. The molecule has 1 aliphatic heterocycles. The van der Waals surface area contributed by atoms with Crippen LogP contribution in [-0.4, -0.2) is 38.6 Å². The number of benzene rings is 2. The van der Waals surface area contributed by atoms with Gasteiger partial charge in [-0.05, 0) is 79.3 Å². The van der Waals surface area contributed by atoms with E-state index in [1.165, 1.54) is 31.3 Å². The fraction of sp³-hybridized carbons (Fsp3) is 0.250. The van der Waals surface area contributed by atoms with Crippen LogP contribution in [0, 0.1) is 18.8 Å². The van der Waals surface area contributed by atoms with Crippen LogP contribution < -0.4 is 15.3 Å². The molecule has 3 heterocycles. The van der Waals surface area contributed by atoms with E-state index in [0.29, 0.717) is 11.1 Å². The molecule has 0 radical (unpaired) electrons. The van der Waals surface area contributed by atoms with Crippen LogP contribution in [0.25, 0.3) is 39.5 Å². The zero-order valence-corrected chi connectivity index (χ0v) is 20.9. The first-order chi connectivity index (χ1) is 19.0. The molecule has 6 rings (SSSR count).